The van der Waals surface area contributed by atoms with Gasteiger partial charge in [0.05, 0.1) is 25.4 Å². The minimum atomic E-state index is -0.838. The highest BCUT2D eigenvalue weighted by atomic mass is 16.5. The van der Waals surface area contributed by atoms with Crippen LogP contribution in [0.3, 0.4) is 0 Å². The van der Waals surface area contributed by atoms with Gasteiger partial charge in [0, 0.05) is 26.3 Å². The normalized spacial score (nSPS) is 11.8. The Kier molecular flexibility index (Phi) is 5.59. The van der Waals surface area contributed by atoms with E-state index in [2.05, 4.69) is 5.32 Å². The van der Waals surface area contributed by atoms with Crippen LogP contribution in [0.4, 0.5) is 5.69 Å². The number of anilines is 1. The molecule has 0 fully saturated rings. The van der Waals surface area contributed by atoms with Crippen molar-refractivity contribution in [1.29, 1.82) is 0 Å². The van der Waals surface area contributed by atoms with Crippen LogP contribution in [0.25, 0.3) is 0 Å². The van der Waals surface area contributed by atoms with Gasteiger partial charge in [-0.05, 0) is 18.2 Å². The summed E-state index contributed by atoms with van der Waals surface area (Å²) in [6.45, 7) is -0.106. The van der Waals surface area contributed by atoms with Gasteiger partial charge in [-0.25, -0.2) is 0 Å². The molecule has 0 aliphatic carbocycles. The van der Waals surface area contributed by atoms with Gasteiger partial charge >= 0.3 is 0 Å². The molecule has 3 N–H and O–H groups in total. The maximum atomic E-state index is 12.0. The number of methoxy groups -OCH3 is 1. The lowest BCUT2D eigenvalue weighted by molar-refractivity contribution is 0.0824. The summed E-state index contributed by atoms with van der Waals surface area (Å²) in [5.41, 5.74) is 1.12. The molecule has 0 spiro atoms. The molecule has 0 bridgehead atoms. The minimum Gasteiger partial charge on any atom is -0.496 e. The first-order chi connectivity index (χ1) is 8.99. The Bertz CT molecular complexity index is 435. The molecule has 0 saturated carbocycles. The van der Waals surface area contributed by atoms with E-state index in [4.69, 9.17) is 9.84 Å². The van der Waals surface area contributed by atoms with Crippen molar-refractivity contribution in [2.24, 2.45) is 0 Å². The number of nitrogens with one attached hydrogen (secondary N) is 1. The van der Waals surface area contributed by atoms with Crippen LogP contribution < -0.4 is 10.1 Å². The number of hydrogen-bond acceptors (Lipinski definition) is 5. The van der Waals surface area contributed by atoms with Crippen molar-refractivity contribution in [3.8, 4) is 5.75 Å². The van der Waals surface area contributed by atoms with Crippen molar-refractivity contribution in [3.05, 3.63) is 23.8 Å². The van der Waals surface area contributed by atoms with Gasteiger partial charge in [-0.2, -0.15) is 0 Å². The van der Waals surface area contributed by atoms with Crippen molar-refractivity contribution in [1.82, 2.24) is 4.90 Å². The first-order valence-electron chi connectivity index (χ1n) is 5.92. The molecule has 1 unspecified atom stereocenters. The minimum absolute atomic E-state index is 0.164. The largest absolute Gasteiger partial charge is 0.496 e. The number of carbonyl (C=O) groups excluding carboxylic acids is 1. The number of carbonyl (C=O) groups is 1. The molecule has 6 heteroatoms. The summed E-state index contributed by atoms with van der Waals surface area (Å²) in [5, 5.41) is 21.0. The molecule has 6 nitrogen and oxygen atoms in total. The van der Waals surface area contributed by atoms with Crippen LogP contribution in [0.1, 0.15) is 10.4 Å². The van der Waals surface area contributed by atoms with Crippen LogP contribution in [0, 0.1) is 0 Å². The third kappa shape index (κ3) is 4.11. The first-order valence-corrected chi connectivity index (χ1v) is 5.92. The van der Waals surface area contributed by atoms with Crippen LogP contribution in [0.15, 0.2) is 18.2 Å². The zero-order chi connectivity index (χ0) is 14.4. The maximum Gasteiger partial charge on any atom is 0.257 e. The van der Waals surface area contributed by atoms with Crippen LogP contribution in [0.2, 0.25) is 0 Å². The number of amides is 1. The van der Waals surface area contributed by atoms with E-state index in [0.29, 0.717) is 17.0 Å². The molecule has 0 aliphatic heterocycles. The molecule has 0 aliphatic rings. The summed E-state index contributed by atoms with van der Waals surface area (Å²) in [4.78, 5) is 13.5. The van der Waals surface area contributed by atoms with Gasteiger partial charge in [-0.1, -0.05) is 0 Å². The van der Waals surface area contributed by atoms with Crippen LogP contribution >= 0.6 is 0 Å². The SMILES string of the molecule is COc1ccc(NCC(O)CO)cc1C(=O)N(C)C. The molecule has 1 aromatic carbocycles. The fourth-order valence-corrected chi connectivity index (χ4v) is 1.53. The Labute approximate surface area is 112 Å². The van der Waals surface area contributed by atoms with E-state index in [0.717, 1.165) is 0 Å². The Hall–Kier alpha value is -1.79. The summed E-state index contributed by atoms with van der Waals surface area (Å²) < 4.78 is 5.15. The van der Waals surface area contributed by atoms with E-state index < -0.39 is 6.10 Å². The zero-order valence-electron chi connectivity index (χ0n) is 11.4. The average molecular weight is 268 g/mol. The third-order valence-corrected chi connectivity index (χ3v) is 2.59. The van der Waals surface area contributed by atoms with Crippen molar-refractivity contribution in [2.75, 3.05) is 39.7 Å². The molecule has 0 aromatic heterocycles. The van der Waals surface area contributed by atoms with E-state index in [1.807, 2.05) is 0 Å². The third-order valence-electron chi connectivity index (χ3n) is 2.59. The molecule has 0 heterocycles. The van der Waals surface area contributed by atoms with Gasteiger partial charge in [-0.3, -0.25) is 4.79 Å². The van der Waals surface area contributed by atoms with Crippen molar-refractivity contribution < 1.29 is 19.7 Å². The smallest absolute Gasteiger partial charge is 0.257 e. The zero-order valence-corrected chi connectivity index (χ0v) is 11.4. The Morgan fingerprint density at radius 3 is 2.68 bits per heavy atom. The molecule has 1 aromatic rings. The predicted molar refractivity (Wildman–Crippen MR) is 72.6 cm³/mol. The van der Waals surface area contributed by atoms with E-state index in [1.54, 1.807) is 32.3 Å². The van der Waals surface area contributed by atoms with Crippen LogP contribution in [-0.4, -0.2) is 61.5 Å². The van der Waals surface area contributed by atoms with Crippen molar-refractivity contribution in [3.63, 3.8) is 0 Å². The van der Waals surface area contributed by atoms with Gasteiger partial charge in [0.2, 0.25) is 0 Å². The summed E-state index contributed by atoms with van der Waals surface area (Å²) in [6, 6.07) is 5.09. The van der Waals surface area contributed by atoms with Crippen molar-refractivity contribution >= 4 is 11.6 Å². The predicted octanol–water partition coefficient (Wildman–Crippen LogP) is 0.162. The number of benzene rings is 1. The van der Waals surface area contributed by atoms with Crippen LogP contribution in [0.5, 0.6) is 5.75 Å². The van der Waals surface area contributed by atoms with Gasteiger partial charge in [0.1, 0.15) is 5.75 Å². The number of rotatable bonds is 6. The maximum absolute atomic E-state index is 12.0. The topological polar surface area (TPSA) is 82.0 Å². The van der Waals surface area contributed by atoms with E-state index in [-0.39, 0.29) is 19.1 Å². The highest BCUT2D eigenvalue weighted by molar-refractivity contribution is 5.97. The lowest BCUT2D eigenvalue weighted by atomic mass is 10.1. The Morgan fingerprint density at radius 2 is 2.16 bits per heavy atom. The summed E-state index contributed by atoms with van der Waals surface area (Å²) >= 11 is 0. The number of ether oxygens (including phenoxy) is 1. The number of nitrogens with zero attached hydrogens (tertiary/aromatic N) is 1. The summed E-state index contributed by atoms with van der Waals surface area (Å²) in [7, 11) is 4.83. The average Bonchev–Trinajstić information content (AvgIpc) is 2.43. The molecule has 1 rings (SSSR count). The first kappa shape index (κ1) is 15.3. The Balaban J connectivity index is 2.92. The second-order valence-electron chi connectivity index (χ2n) is 4.33. The highest BCUT2D eigenvalue weighted by Gasteiger charge is 2.15. The van der Waals surface area contributed by atoms with Gasteiger partial charge in [-0.15, -0.1) is 0 Å². The molecule has 0 saturated heterocycles. The second kappa shape index (κ2) is 6.96. The fourth-order valence-electron chi connectivity index (χ4n) is 1.53. The lowest BCUT2D eigenvalue weighted by Crippen LogP contribution is -2.24. The van der Waals surface area contributed by atoms with Gasteiger partial charge in [0.25, 0.3) is 5.91 Å². The quantitative estimate of drug-likeness (QED) is 0.685. The van der Waals surface area contributed by atoms with E-state index >= 15 is 0 Å². The Morgan fingerprint density at radius 1 is 1.47 bits per heavy atom. The standard InChI is InChI=1S/C13H20N2O4/c1-15(2)13(18)11-6-9(4-5-12(11)19-3)14-7-10(17)8-16/h4-6,10,14,16-17H,7-8H2,1-3H3. The molecule has 106 valence electrons. The molecule has 19 heavy (non-hydrogen) atoms. The lowest BCUT2D eigenvalue weighted by Gasteiger charge is -2.16. The fraction of sp³-hybridized carbons (Fsp3) is 0.462. The highest BCUT2D eigenvalue weighted by Crippen LogP contribution is 2.23. The second-order valence-corrected chi connectivity index (χ2v) is 4.33. The van der Waals surface area contributed by atoms with E-state index in [9.17, 15) is 9.90 Å². The summed E-state index contributed by atoms with van der Waals surface area (Å²) in [6.07, 6.45) is -0.838. The summed E-state index contributed by atoms with van der Waals surface area (Å²) in [5.74, 6) is 0.329. The number of aliphatic hydroxyl groups is 2. The monoisotopic (exact) mass is 268 g/mol. The van der Waals surface area contributed by atoms with Gasteiger partial charge < -0.3 is 25.2 Å². The van der Waals surface area contributed by atoms with E-state index in [1.165, 1.54) is 12.0 Å². The molecule has 1 amide bonds. The van der Waals surface area contributed by atoms with Crippen molar-refractivity contribution in [2.45, 2.75) is 6.10 Å². The number of aliphatic hydroxyl groups excluding tert-OH is 2. The van der Waals surface area contributed by atoms with Gasteiger partial charge in [0.15, 0.2) is 0 Å². The molecule has 0 radical (unpaired) electrons. The number of hydrogen-bond donors (Lipinski definition) is 3. The molecular formula is C13H20N2O4. The van der Waals surface area contributed by atoms with Crippen LogP contribution in [-0.2, 0) is 0 Å². The molecular weight excluding hydrogens is 248 g/mol. The molecule has 1 atom stereocenters.